The largest absolute Gasteiger partial charge is 0.494 e. The molecule has 1 atom stereocenters. The fourth-order valence-corrected chi connectivity index (χ4v) is 4.30. The van der Waals surface area contributed by atoms with Gasteiger partial charge in [0.05, 0.1) is 30.9 Å². The lowest BCUT2D eigenvalue weighted by Gasteiger charge is -2.20. The fourth-order valence-electron chi connectivity index (χ4n) is 4.30. The predicted octanol–water partition coefficient (Wildman–Crippen LogP) is 5.86. The van der Waals surface area contributed by atoms with E-state index in [1.165, 1.54) is 12.1 Å². The van der Waals surface area contributed by atoms with Gasteiger partial charge in [0.1, 0.15) is 23.1 Å². The Labute approximate surface area is 201 Å². The zero-order chi connectivity index (χ0) is 24.7. The average Bonchev–Trinajstić information content (AvgIpc) is 3.59. The summed E-state index contributed by atoms with van der Waals surface area (Å²) in [6.07, 6.45) is 7.53. The molecule has 0 spiro atoms. The SMILES string of the molecule is COc1cc(Nc2cc(C3CC3)cn([C@@H](C)c3cc(F)cc(F)c3)c2=O)ccc1-n1cnc(C)c1. The molecule has 8 heteroatoms. The normalized spacial score (nSPS) is 14.1. The van der Waals surface area contributed by atoms with E-state index in [0.29, 0.717) is 28.6 Å². The van der Waals surface area contributed by atoms with E-state index in [1.807, 2.05) is 48.1 Å². The van der Waals surface area contributed by atoms with Crippen LogP contribution in [0.15, 0.2) is 66.0 Å². The number of anilines is 2. The van der Waals surface area contributed by atoms with Crippen molar-refractivity contribution in [3.8, 4) is 11.4 Å². The molecule has 0 unspecified atom stereocenters. The highest BCUT2D eigenvalue weighted by Crippen LogP contribution is 2.41. The summed E-state index contributed by atoms with van der Waals surface area (Å²) in [5.41, 5.74) is 3.93. The molecule has 5 rings (SSSR count). The van der Waals surface area contributed by atoms with Crippen LogP contribution >= 0.6 is 0 Å². The Bertz CT molecular complexity index is 1440. The van der Waals surface area contributed by atoms with E-state index in [1.54, 1.807) is 24.9 Å². The molecule has 4 aromatic rings. The van der Waals surface area contributed by atoms with E-state index in [9.17, 15) is 13.6 Å². The molecule has 2 aromatic carbocycles. The number of aryl methyl sites for hydroxylation is 1. The maximum atomic E-state index is 13.9. The van der Waals surface area contributed by atoms with Crippen molar-refractivity contribution in [1.29, 1.82) is 0 Å². The van der Waals surface area contributed by atoms with Crippen molar-refractivity contribution in [3.05, 3.63) is 100.0 Å². The highest BCUT2D eigenvalue weighted by molar-refractivity contribution is 5.65. The molecule has 1 aliphatic rings. The van der Waals surface area contributed by atoms with Crippen LogP contribution in [0.25, 0.3) is 5.69 Å². The van der Waals surface area contributed by atoms with E-state index >= 15 is 0 Å². The summed E-state index contributed by atoms with van der Waals surface area (Å²) in [5, 5.41) is 3.24. The van der Waals surface area contributed by atoms with Gasteiger partial charge in [-0.2, -0.15) is 0 Å². The average molecular weight is 477 g/mol. The quantitative estimate of drug-likeness (QED) is 0.363. The van der Waals surface area contributed by atoms with Crippen LogP contribution in [-0.4, -0.2) is 21.2 Å². The first-order valence-corrected chi connectivity index (χ1v) is 11.5. The summed E-state index contributed by atoms with van der Waals surface area (Å²) in [7, 11) is 1.59. The Morgan fingerprint density at radius 3 is 2.46 bits per heavy atom. The van der Waals surface area contributed by atoms with Gasteiger partial charge < -0.3 is 19.2 Å². The van der Waals surface area contributed by atoms with Crippen LogP contribution in [0.2, 0.25) is 0 Å². The van der Waals surface area contributed by atoms with Crippen molar-refractivity contribution in [3.63, 3.8) is 0 Å². The minimum Gasteiger partial charge on any atom is -0.494 e. The third-order valence-electron chi connectivity index (χ3n) is 6.35. The molecule has 0 amide bonds. The van der Waals surface area contributed by atoms with Gasteiger partial charge >= 0.3 is 0 Å². The first-order chi connectivity index (χ1) is 16.8. The Balaban J connectivity index is 1.53. The first kappa shape index (κ1) is 22.8. The zero-order valence-electron chi connectivity index (χ0n) is 19.8. The number of benzene rings is 2. The number of methoxy groups -OCH3 is 1. The molecular weight excluding hydrogens is 450 g/mol. The predicted molar refractivity (Wildman–Crippen MR) is 131 cm³/mol. The number of halogens is 2. The Morgan fingerprint density at radius 1 is 1.09 bits per heavy atom. The number of hydrogen-bond donors (Lipinski definition) is 1. The van der Waals surface area contributed by atoms with Crippen LogP contribution in [0.4, 0.5) is 20.2 Å². The molecule has 180 valence electrons. The van der Waals surface area contributed by atoms with Gasteiger partial charge in [0.25, 0.3) is 5.56 Å². The van der Waals surface area contributed by atoms with Gasteiger partial charge in [0, 0.05) is 30.2 Å². The summed E-state index contributed by atoms with van der Waals surface area (Å²) < 4.78 is 36.7. The summed E-state index contributed by atoms with van der Waals surface area (Å²) in [6.45, 7) is 3.68. The Hall–Kier alpha value is -3.94. The molecule has 35 heavy (non-hydrogen) atoms. The number of aromatic nitrogens is 3. The van der Waals surface area contributed by atoms with E-state index in [0.717, 1.165) is 35.9 Å². The van der Waals surface area contributed by atoms with Gasteiger partial charge in [-0.3, -0.25) is 4.79 Å². The lowest BCUT2D eigenvalue weighted by molar-refractivity contribution is 0.413. The van der Waals surface area contributed by atoms with Gasteiger partial charge in [-0.05, 0) is 74.1 Å². The van der Waals surface area contributed by atoms with Gasteiger partial charge in [0.15, 0.2) is 0 Å². The van der Waals surface area contributed by atoms with Crippen molar-refractivity contribution < 1.29 is 13.5 Å². The van der Waals surface area contributed by atoms with Gasteiger partial charge in [-0.25, -0.2) is 13.8 Å². The van der Waals surface area contributed by atoms with Crippen molar-refractivity contribution in [1.82, 2.24) is 14.1 Å². The second kappa shape index (κ2) is 9.02. The van der Waals surface area contributed by atoms with Gasteiger partial charge in [0.2, 0.25) is 0 Å². The zero-order valence-corrected chi connectivity index (χ0v) is 19.8. The number of pyridine rings is 1. The Kier molecular flexibility index (Phi) is 5.88. The third-order valence-corrected chi connectivity index (χ3v) is 6.35. The van der Waals surface area contributed by atoms with Crippen molar-refractivity contribution >= 4 is 11.4 Å². The van der Waals surface area contributed by atoms with Crippen LogP contribution in [-0.2, 0) is 0 Å². The molecule has 1 fully saturated rings. The highest BCUT2D eigenvalue weighted by atomic mass is 19.1. The third kappa shape index (κ3) is 4.69. The van der Waals surface area contributed by atoms with E-state index in [-0.39, 0.29) is 5.56 Å². The van der Waals surface area contributed by atoms with Gasteiger partial charge in [-0.1, -0.05) is 0 Å². The lowest BCUT2D eigenvalue weighted by Crippen LogP contribution is -2.26. The molecule has 1 saturated carbocycles. The molecule has 2 aromatic heterocycles. The van der Waals surface area contributed by atoms with Crippen LogP contribution in [0, 0.1) is 18.6 Å². The maximum absolute atomic E-state index is 13.9. The lowest BCUT2D eigenvalue weighted by atomic mass is 10.1. The van der Waals surface area contributed by atoms with E-state index in [2.05, 4.69) is 10.3 Å². The molecule has 0 aliphatic heterocycles. The summed E-state index contributed by atoms with van der Waals surface area (Å²) >= 11 is 0. The van der Waals surface area contributed by atoms with Crippen molar-refractivity contribution in [2.24, 2.45) is 0 Å². The minimum absolute atomic E-state index is 0.278. The number of nitrogens with zero attached hydrogens (tertiary/aromatic N) is 3. The second-order valence-corrected chi connectivity index (χ2v) is 8.99. The van der Waals surface area contributed by atoms with E-state index in [4.69, 9.17) is 4.74 Å². The molecule has 1 aliphatic carbocycles. The number of hydrogen-bond acceptors (Lipinski definition) is 4. The van der Waals surface area contributed by atoms with Gasteiger partial charge in [-0.15, -0.1) is 0 Å². The summed E-state index contributed by atoms with van der Waals surface area (Å²) in [5.74, 6) is -0.344. The molecule has 2 heterocycles. The van der Waals surface area contributed by atoms with Crippen molar-refractivity contribution in [2.45, 2.75) is 38.6 Å². The van der Waals surface area contributed by atoms with Crippen molar-refractivity contribution in [2.75, 3.05) is 12.4 Å². The molecule has 0 radical (unpaired) electrons. The fraction of sp³-hybridized carbons (Fsp3) is 0.259. The smallest absolute Gasteiger partial charge is 0.274 e. The molecule has 1 N–H and O–H groups in total. The number of imidazole rings is 1. The standard InChI is InChI=1S/C27H26F2N4O2/c1-16-13-32(15-30-16)25-7-6-23(12-26(25)35-3)31-24-10-20(18-4-5-18)14-33(27(24)34)17(2)19-8-21(28)11-22(29)9-19/h6-15,17-18,31H,4-5H2,1-3H3/t17-/m0/s1. The van der Waals surface area contributed by atoms with E-state index < -0.39 is 17.7 Å². The second-order valence-electron chi connectivity index (χ2n) is 8.99. The molecular formula is C27H26F2N4O2. The Morgan fingerprint density at radius 2 is 1.83 bits per heavy atom. The number of ether oxygens (including phenoxy) is 1. The number of rotatable bonds is 7. The van der Waals surface area contributed by atoms with Crippen LogP contribution in [0.3, 0.4) is 0 Å². The van der Waals surface area contributed by atoms with Crippen LogP contribution in [0.5, 0.6) is 5.75 Å². The molecule has 0 bridgehead atoms. The summed E-state index contributed by atoms with van der Waals surface area (Å²) in [4.78, 5) is 17.7. The number of nitrogens with one attached hydrogen (secondary N) is 1. The first-order valence-electron chi connectivity index (χ1n) is 11.5. The monoisotopic (exact) mass is 476 g/mol. The van der Waals surface area contributed by atoms with Crippen LogP contribution < -0.4 is 15.6 Å². The minimum atomic E-state index is -0.670. The highest BCUT2D eigenvalue weighted by Gasteiger charge is 2.26. The molecule has 0 saturated heterocycles. The topological polar surface area (TPSA) is 61.1 Å². The molecule has 6 nitrogen and oxygen atoms in total. The van der Waals surface area contributed by atoms with Crippen LogP contribution in [0.1, 0.15) is 48.5 Å². The maximum Gasteiger partial charge on any atom is 0.274 e. The summed E-state index contributed by atoms with van der Waals surface area (Å²) in [6, 6.07) is 10.3.